The highest BCUT2D eigenvalue weighted by molar-refractivity contribution is 9.10. The zero-order valence-corrected chi connectivity index (χ0v) is 17.6. The lowest BCUT2D eigenvalue weighted by Gasteiger charge is -2.37. The molecule has 1 amide bonds. The molecule has 1 unspecified atom stereocenters. The number of halogens is 5. The Kier molecular flexibility index (Phi) is 5.95. The first kappa shape index (κ1) is 21.0. The molecule has 0 saturated carbocycles. The first-order chi connectivity index (χ1) is 13.1. The number of hydrogen-bond acceptors (Lipinski definition) is 3. The van der Waals surface area contributed by atoms with Gasteiger partial charge in [-0.05, 0) is 54.0 Å². The van der Waals surface area contributed by atoms with E-state index in [2.05, 4.69) is 25.9 Å². The van der Waals surface area contributed by atoms with E-state index >= 15 is 0 Å². The van der Waals surface area contributed by atoms with Gasteiger partial charge in [-0.3, -0.25) is 9.48 Å². The van der Waals surface area contributed by atoms with Gasteiger partial charge in [0.25, 0.3) is 0 Å². The summed E-state index contributed by atoms with van der Waals surface area (Å²) in [6.45, 7) is 5.32. The standard InChI is InChI=1S/C18H19BrClF3N4O/c1-11-15(19)16(18(21,22)23)24-27(11)12(2)17(28)26-9-7-25(8-10-26)14-5-3-13(20)4-6-14/h3-6,12H,7-10H2,1-2H3. The lowest BCUT2D eigenvalue weighted by atomic mass is 10.2. The Labute approximate surface area is 174 Å². The number of carbonyl (C=O) groups excluding carboxylic acids is 1. The number of rotatable bonds is 3. The van der Waals surface area contributed by atoms with Gasteiger partial charge in [0.1, 0.15) is 6.04 Å². The van der Waals surface area contributed by atoms with Crippen LogP contribution < -0.4 is 4.90 Å². The zero-order chi connectivity index (χ0) is 20.6. The van der Waals surface area contributed by atoms with Crippen LogP contribution in [0.1, 0.15) is 24.4 Å². The highest BCUT2D eigenvalue weighted by Gasteiger charge is 2.39. The van der Waals surface area contributed by atoms with Gasteiger partial charge in [-0.2, -0.15) is 18.3 Å². The topological polar surface area (TPSA) is 41.4 Å². The van der Waals surface area contributed by atoms with Crippen LogP contribution in [-0.4, -0.2) is 46.8 Å². The van der Waals surface area contributed by atoms with Crippen molar-refractivity contribution in [1.29, 1.82) is 0 Å². The summed E-state index contributed by atoms with van der Waals surface area (Å²) < 4.78 is 40.2. The van der Waals surface area contributed by atoms with E-state index in [1.165, 1.54) is 6.92 Å². The maximum Gasteiger partial charge on any atom is 0.436 e. The fourth-order valence-electron chi connectivity index (χ4n) is 3.26. The fourth-order valence-corrected chi connectivity index (χ4v) is 3.87. The highest BCUT2D eigenvalue weighted by atomic mass is 79.9. The third-order valence-electron chi connectivity index (χ3n) is 4.85. The molecule has 1 aromatic carbocycles. The van der Waals surface area contributed by atoms with E-state index in [1.807, 2.05) is 24.3 Å². The number of nitrogens with zero attached hydrogens (tertiary/aromatic N) is 4. The molecular weight excluding hydrogens is 461 g/mol. The van der Waals surface area contributed by atoms with Crippen molar-refractivity contribution in [2.45, 2.75) is 26.1 Å². The maximum atomic E-state index is 13.1. The molecule has 2 aromatic rings. The fraction of sp³-hybridized carbons (Fsp3) is 0.444. The van der Waals surface area contributed by atoms with Crippen molar-refractivity contribution < 1.29 is 18.0 Å². The lowest BCUT2D eigenvalue weighted by Crippen LogP contribution is -2.50. The Morgan fingerprint density at radius 1 is 1.18 bits per heavy atom. The van der Waals surface area contributed by atoms with Gasteiger partial charge in [0, 0.05) is 36.9 Å². The molecule has 0 aliphatic carbocycles. The van der Waals surface area contributed by atoms with E-state index in [9.17, 15) is 18.0 Å². The van der Waals surface area contributed by atoms with Crippen LogP contribution in [0.3, 0.4) is 0 Å². The Morgan fingerprint density at radius 2 is 1.75 bits per heavy atom. The Morgan fingerprint density at radius 3 is 2.25 bits per heavy atom. The van der Waals surface area contributed by atoms with Crippen molar-refractivity contribution in [2.24, 2.45) is 0 Å². The van der Waals surface area contributed by atoms with Gasteiger partial charge in [0.2, 0.25) is 5.91 Å². The number of alkyl halides is 3. The van der Waals surface area contributed by atoms with Crippen LogP contribution in [0.4, 0.5) is 18.9 Å². The second-order valence-electron chi connectivity index (χ2n) is 6.66. The second-order valence-corrected chi connectivity index (χ2v) is 7.88. The molecular formula is C18H19BrClF3N4O. The summed E-state index contributed by atoms with van der Waals surface area (Å²) in [4.78, 5) is 16.6. The van der Waals surface area contributed by atoms with Gasteiger partial charge in [-0.25, -0.2) is 0 Å². The van der Waals surface area contributed by atoms with Gasteiger partial charge < -0.3 is 9.80 Å². The van der Waals surface area contributed by atoms with E-state index in [4.69, 9.17) is 11.6 Å². The van der Waals surface area contributed by atoms with Crippen LogP contribution >= 0.6 is 27.5 Å². The molecule has 0 N–H and O–H groups in total. The van der Waals surface area contributed by atoms with Crippen molar-refractivity contribution in [2.75, 3.05) is 31.1 Å². The van der Waals surface area contributed by atoms with Gasteiger partial charge in [0.05, 0.1) is 10.2 Å². The van der Waals surface area contributed by atoms with E-state index < -0.39 is 17.9 Å². The van der Waals surface area contributed by atoms with E-state index in [-0.39, 0.29) is 16.1 Å². The van der Waals surface area contributed by atoms with Crippen molar-refractivity contribution in [3.63, 3.8) is 0 Å². The van der Waals surface area contributed by atoms with Crippen LogP contribution in [0.15, 0.2) is 28.7 Å². The first-order valence-electron chi connectivity index (χ1n) is 8.70. The van der Waals surface area contributed by atoms with E-state index in [0.717, 1.165) is 10.4 Å². The molecule has 10 heteroatoms. The minimum atomic E-state index is -4.58. The van der Waals surface area contributed by atoms with Crippen molar-refractivity contribution in [1.82, 2.24) is 14.7 Å². The van der Waals surface area contributed by atoms with Crippen LogP contribution in [0.2, 0.25) is 5.02 Å². The van der Waals surface area contributed by atoms with Crippen LogP contribution in [-0.2, 0) is 11.0 Å². The number of anilines is 1. The number of benzene rings is 1. The van der Waals surface area contributed by atoms with Gasteiger partial charge >= 0.3 is 6.18 Å². The SMILES string of the molecule is Cc1c(Br)c(C(F)(F)F)nn1C(C)C(=O)N1CCN(c2ccc(Cl)cc2)CC1. The molecule has 1 saturated heterocycles. The molecule has 1 aliphatic rings. The normalized spacial score (nSPS) is 16.4. The second kappa shape index (κ2) is 7.94. The van der Waals surface area contributed by atoms with Crippen molar-refractivity contribution >= 4 is 39.1 Å². The molecule has 28 heavy (non-hydrogen) atoms. The van der Waals surface area contributed by atoms with E-state index in [1.54, 1.807) is 11.8 Å². The summed E-state index contributed by atoms with van der Waals surface area (Å²) >= 11 is 8.85. The monoisotopic (exact) mass is 478 g/mol. The molecule has 1 atom stereocenters. The van der Waals surface area contributed by atoms with Crippen LogP contribution in [0.25, 0.3) is 0 Å². The summed E-state index contributed by atoms with van der Waals surface area (Å²) in [6.07, 6.45) is -4.58. The summed E-state index contributed by atoms with van der Waals surface area (Å²) in [7, 11) is 0. The number of piperazine rings is 1. The quantitative estimate of drug-likeness (QED) is 0.649. The minimum Gasteiger partial charge on any atom is -0.368 e. The highest BCUT2D eigenvalue weighted by Crippen LogP contribution is 2.36. The number of hydrogen-bond donors (Lipinski definition) is 0. The predicted octanol–water partition coefficient (Wildman–Crippen LogP) is 4.54. The molecule has 3 rings (SSSR count). The Balaban J connectivity index is 1.69. The van der Waals surface area contributed by atoms with Crippen LogP contribution in [0.5, 0.6) is 0 Å². The summed E-state index contributed by atoms with van der Waals surface area (Å²) in [6, 6.07) is 6.65. The molecule has 5 nitrogen and oxygen atoms in total. The first-order valence-corrected chi connectivity index (χ1v) is 9.87. The number of carbonyl (C=O) groups is 1. The predicted molar refractivity (Wildman–Crippen MR) is 105 cm³/mol. The van der Waals surface area contributed by atoms with Crippen LogP contribution in [0, 0.1) is 6.92 Å². The van der Waals surface area contributed by atoms with Gasteiger partial charge in [0.15, 0.2) is 5.69 Å². The number of amides is 1. The van der Waals surface area contributed by atoms with Crippen molar-refractivity contribution in [3.8, 4) is 0 Å². The summed E-state index contributed by atoms with van der Waals surface area (Å²) in [5, 5.41) is 4.30. The molecule has 1 aliphatic heterocycles. The average Bonchev–Trinajstić information content (AvgIpc) is 2.97. The van der Waals surface area contributed by atoms with E-state index in [0.29, 0.717) is 31.2 Å². The van der Waals surface area contributed by atoms with Gasteiger partial charge in [-0.15, -0.1) is 0 Å². The van der Waals surface area contributed by atoms with Gasteiger partial charge in [-0.1, -0.05) is 11.6 Å². The Hall–Kier alpha value is -1.74. The summed E-state index contributed by atoms with van der Waals surface area (Å²) in [5.41, 5.74) is 0.274. The third kappa shape index (κ3) is 4.15. The molecule has 2 heterocycles. The minimum absolute atomic E-state index is 0.132. The maximum absolute atomic E-state index is 13.1. The summed E-state index contributed by atoms with van der Waals surface area (Å²) in [5.74, 6) is -0.248. The molecule has 0 bridgehead atoms. The number of aromatic nitrogens is 2. The molecule has 1 aromatic heterocycles. The zero-order valence-electron chi connectivity index (χ0n) is 15.3. The van der Waals surface area contributed by atoms with Crippen molar-refractivity contribution in [3.05, 3.63) is 45.1 Å². The Bertz CT molecular complexity index is 861. The third-order valence-corrected chi connectivity index (χ3v) is 6.05. The molecule has 152 valence electrons. The lowest BCUT2D eigenvalue weighted by molar-refractivity contribution is -0.143. The average molecular weight is 480 g/mol. The largest absolute Gasteiger partial charge is 0.436 e. The molecule has 0 radical (unpaired) electrons. The molecule has 1 fully saturated rings. The molecule has 0 spiro atoms. The smallest absolute Gasteiger partial charge is 0.368 e.